The van der Waals surface area contributed by atoms with Crippen molar-refractivity contribution in [2.75, 3.05) is 19.3 Å². The van der Waals surface area contributed by atoms with Crippen LogP contribution in [0.5, 0.6) is 0 Å². The lowest BCUT2D eigenvalue weighted by atomic mass is 10.0. The number of likely N-dealkylation sites (tertiary alicyclic amines) is 1. The van der Waals surface area contributed by atoms with Crippen molar-refractivity contribution >= 4 is 15.9 Å². The highest BCUT2D eigenvalue weighted by Gasteiger charge is 2.27. The van der Waals surface area contributed by atoms with E-state index in [1.165, 1.54) is 0 Å². The molecule has 1 atom stereocenters. The average Bonchev–Trinajstić information content (AvgIpc) is 2.26. The third-order valence-corrected chi connectivity index (χ3v) is 3.99. The van der Waals surface area contributed by atoms with E-state index in [0.29, 0.717) is 38.3 Å². The first kappa shape index (κ1) is 16.4. The number of amides is 1. The lowest BCUT2D eigenvalue weighted by Crippen LogP contribution is -2.51. The number of nitrogens with two attached hydrogens (primary N) is 1. The number of carbonyl (C=O) groups excluding carboxylic acids is 1. The Bertz CT molecular complexity index is 400. The summed E-state index contributed by atoms with van der Waals surface area (Å²) in [6, 6.07) is -0.514. The molecule has 1 aliphatic rings. The Morgan fingerprint density at radius 2 is 1.89 bits per heavy atom. The summed E-state index contributed by atoms with van der Waals surface area (Å²) < 4.78 is 24.8. The minimum atomic E-state index is -3.17. The van der Waals surface area contributed by atoms with Crippen molar-refractivity contribution in [2.45, 2.75) is 45.2 Å². The second kappa shape index (κ2) is 6.67. The van der Waals surface area contributed by atoms with Gasteiger partial charge in [0.2, 0.25) is 15.9 Å². The third kappa shape index (κ3) is 5.88. The van der Waals surface area contributed by atoms with Crippen LogP contribution in [0.25, 0.3) is 0 Å². The average molecular weight is 291 g/mol. The molecule has 0 bridgehead atoms. The minimum Gasteiger partial charge on any atom is -0.341 e. The standard InChI is InChI=1S/C12H25N3O3S/c1-9(2)8-11(13)12(16)15-6-4-10(5-7-15)14-19(3,17)18/h9-11,14H,4-8,13H2,1-3H3/t11-/m1/s1. The fourth-order valence-electron chi connectivity index (χ4n) is 2.36. The lowest BCUT2D eigenvalue weighted by molar-refractivity contribution is -0.134. The second-order valence-corrected chi connectivity index (χ2v) is 7.51. The summed E-state index contributed by atoms with van der Waals surface area (Å²) in [6.45, 7) is 5.21. The summed E-state index contributed by atoms with van der Waals surface area (Å²) in [6.07, 6.45) is 3.13. The molecule has 19 heavy (non-hydrogen) atoms. The van der Waals surface area contributed by atoms with Crippen molar-refractivity contribution in [1.82, 2.24) is 9.62 Å². The maximum atomic E-state index is 12.1. The van der Waals surface area contributed by atoms with Crippen molar-refractivity contribution in [2.24, 2.45) is 11.7 Å². The molecule has 1 amide bonds. The van der Waals surface area contributed by atoms with E-state index in [1.54, 1.807) is 4.90 Å². The lowest BCUT2D eigenvalue weighted by Gasteiger charge is -2.33. The molecule has 3 N–H and O–H groups in total. The highest BCUT2D eigenvalue weighted by Crippen LogP contribution is 2.14. The van der Waals surface area contributed by atoms with Crippen LogP contribution in [0.3, 0.4) is 0 Å². The van der Waals surface area contributed by atoms with Gasteiger partial charge in [-0.25, -0.2) is 13.1 Å². The topological polar surface area (TPSA) is 92.5 Å². The molecule has 1 saturated heterocycles. The molecule has 1 rings (SSSR count). The Balaban J connectivity index is 2.43. The van der Waals surface area contributed by atoms with Crippen molar-refractivity contribution in [3.63, 3.8) is 0 Å². The Hall–Kier alpha value is -0.660. The van der Waals surface area contributed by atoms with E-state index in [1.807, 2.05) is 13.8 Å². The summed E-state index contributed by atoms with van der Waals surface area (Å²) >= 11 is 0. The van der Waals surface area contributed by atoms with Crippen LogP contribution in [-0.4, -0.2) is 50.7 Å². The summed E-state index contributed by atoms with van der Waals surface area (Å²) in [5, 5.41) is 0. The van der Waals surface area contributed by atoms with E-state index < -0.39 is 16.1 Å². The molecule has 0 unspecified atom stereocenters. The Morgan fingerprint density at radius 3 is 2.32 bits per heavy atom. The van der Waals surface area contributed by atoms with Crippen molar-refractivity contribution in [3.05, 3.63) is 0 Å². The smallest absolute Gasteiger partial charge is 0.239 e. The Morgan fingerprint density at radius 1 is 1.37 bits per heavy atom. The van der Waals surface area contributed by atoms with Gasteiger partial charge in [0.15, 0.2) is 0 Å². The number of sulfonamides is 1. The predicted molar refractivity (Wildman–Crippen MR) is 75.0 cm³/mol. The zero-order chi connectivity index (χ0) is 14.6. The van der Waals surface area contributed by atoms with Gasteiger partial charge in [-0.1, -0.05) is 13.8 Å². The molecule has 1 aliphatic heterocycles. The van der Waals surface area contributed by atoms with Gasteiger partial charge in [0.25, 0.3) is 0 Å². The predicted octanol–water partition coefficient (Wildman–Crippen LogP) is -0.1000. The first-order chi connectivity index (χ1) is 8.69. The van der Waals surface area contributed by atoms with Crippen LogP contribution in [0, 0.1) is 5.92 Å². The number of piperidine rings is 1. The van der Waals surface area contributed by atoms with E-state index in [0.717, 1.165) is 6.26 Å². The molecule has 1 heterocycles. The molecule has 6 nitrogen and oxygen atoms in total. The van der Waals surface area contributed by atoms with Gasteiger partial charge in [0.1, 0.15) is 0 Å². The van der Waals surface area contributed by atoms with Crippen LogP contribution in [0.2, 0.25) is 0 Å². The van der Waals surface area contributed by atoms with Crippen LogP contribution >= 0.6 is 0 Å². The minimum absolute atomic E-state index is 0.0218. The maximum absolute atomic E-state index is 12.1. The number of rotatable bonds is 5. The molecule has 0 aromatic carbocycles. The first-order valence-electron chi connectivity index (χ1n) is 6.70. The van der Waals surface area contributed by atoms with Crippen LogP contribution in [0.1, 0.15) is 33.1 Å². The Labute approximate surface area is 115 Å². The number of carbonyl (C=O) groups is 1. The molecule has 0 radical (unpaired) electrons. The van der Waals surface area contributed by atoms with E-state index in [9.17, 15) is 13.2 Å². The monoisotopic (exact) mass is 291 g/mol. The van der Waals surface area contributed by atoms with Gasteiger partial charge in [0, 0.05) is 19.1 Å². The molecule has 0 aromatic rings. The highest BCUT2D eigenvalue weighted by molar-refractivity contribution is 7.88. The summed E-state index contributed by atoms with van der Waals surface area (Å²) in [7, 11) is -3.17. The van der Waals surface area contributed by atoms with E-state index in [2.05, 4.69) is 4.72 Å². The van der Waals surface area contributed by atoms with Gasteiger partial charge < -0.3 is 10.6 Å². The summed E-state index contributed by atoms with van der Waals surface area (Å²) in [4.78, 5) is 13.8. The number of hydrogen-bond acceptors (Lipinski definition) is 4. The molecule has 112 valence electrons. The molecule has 0 aliphatic carbocycles. The summed E-state index contributed by atoms with van der Waals surface area (Å²) in [5.41, 5.74) is 5.88. The molecular formula is C12H25N3O3S. The molecule has 0 spiro atoms. The van der Waals surface area contributed by atoms with Crippen molar-refractivity contribution in [1.29, 1.82) is 0 Å². The van der Waals surface area contributed by atoms with Crippen LogP contribution in [0.15, 0.2) is 0 Å². The number of hydrogen-bond donors (Lipinski definition) is 2. The fraction of sp³-hybridized carbons (Fsp3) is 0.917. The second-order valence-electron chi connectivity index (χ2n) is 5.73. The zero-order valence-corrected chi connectivity index (χ0v) is 12.7. The van der Waals surface area contributed by atoms with Crippen LogP contribution < -0.4 is 10.5 Å². The molecule has 1 fully saturated rings. The zero-order valence-electron chi connectivity index (χ0n) is 11.9. The third-order valence-electron chi connectivity index (χ3n) is 3.23. The van der Waals surface area contributed by atoms with Gasteiger partial charge in [-0.05, 0) is 25.2 Å². The van der Waals surface area contributed by atoms with Crippen molar-refractivity contribution in [3.8, 4) is 0 Å². The Kier molecular flexibility index (Phi) is 5.76. The van der Waals surface area contributed by atoms with Gasteiger partial charge in [-0.2, -0.15) is 0 Å². The number of nitrogens with one attached hydrogen (secondary N) is 1. The van der Waals surface area contributed by atoms with E-state index >= 15 is 0 Å². The molecule has 7 heteroatoms. The largest absolute Gasteiger partial charge is 0.341 e. The van der Waals surface area contributed by atoms with Gasteiger partial charge in [-0.15, -0.1) is 0 Å². The van der Waals surface area contributed by atoms with Crippen molar-refractivity contribution < 1.29 is 13.2 Å². The van der Waals surface area contributed by atoms with E-state index in [4.69, 9.17) is 5.73 Å². The van der Waals surface area contributed by atoms with Crippen LogP contribution in [0.4, 0.5) is 0 Å². The van der Waals surface area contributed by atoms with Gasteiger partial charge in [-0.3, -0.25) is 4.79 Å². The molecule has 0 saturated carbocycles. The fourth-order valence-corrected chi connectivity index (χ4v) is 3.20. The molecule has 0 aromatic heterocycles. The first-order valence-corrected chi connectivity index (χ1v) is 8.60. The van der Waals surface area contributed by atoms with Gasteiger partial charge in [0.05, 0.1) is 12.3 Å². The van der Waals surface area contributed by atoms with Crippen LogP contribution in [-0.2, 0) is 14.8 Å². The molecular weight excluding hydrogens is 266 g/mol. The van der Waals surface area contributed by atoms with E-state index in [-0.39, 0.29) is 11.9 Å². The quantitative estimate of drug-likeness (QED) is 0.740. The number of nitrogens with zero attached hydrogens (tertiary/aromatic N) is 1. The normalized spacial score (nSPS) is 19.7. The maximum Gasteiger partial charge on any atom is 0.239 e. The summed E-state index contributed by atoms with van der Waals surface area (Å²) in [5.74, 6) is 0.370. The van der Waals surface area contributed by atoms with Gasteiger partial charge >= 0.3 is 0 Å². The highest BCUT2D eigenvalue weighted by atomic mass is 32.2. The SMILES string of the molecule is CC(C)C[C@@H](N)C(=O)N1CCC(NS(C)(=O)=O)CC1.